The van der Waals surface area contributed by atoms with Crippen LogP contribution in [0.1, 0.15) is 18.4 Å². The highest BCUT2D eigenvalue weighted by Gasteiger charge is 2.28. The summed E-state index contributed by atoms with van der Waals surface area (Å²) < 4.78 is 31.4. The van der Waals surface area contributed by atoms with E-state index in [0.717, 1.165) is 15.0 Å². The van der Waals surface area contributed by atoms with Crippen LogP contribution in [0, 0.1) is 6.92 Å². The van der Waals surface area contributed by atoms with Gasteiger partial charge in [-0.25, -0.2) is 13.8 Å². The van der Waals surface area contributed by atoms with Crippen LogP contribution >= 0.6 is 15.9 Å². The average molecular weight is 428 g/mol. The van der Waals surface area contributed by atoms with Crippen LogP contribution in [0.2, 0.25) is 0 Å². The minimum Gasteiger partial charge on any atom is -0.459 e. The van der Waals surface area contributed by atoms with Crippen molar-refractivity contribution in [2.24, 2.45) is 5.10 Å². The number of furan rings is 1. The van der Waals surface area contributed by atoms with Crippen molar-refractivity contribution in [1.82, 2.24) is 5.43 Å². The first kappa shape index (κ1) is 19.2. The molecule has 0 radical (unpaired) electrons. The fraction of sp³-hybridized carbons (Fsp3) is 0.250. The summed E-state index contributed by atoms with van der Waals surface area (Å²) in [5.74, 6) is 0.585. The quantitative estimate of drug-likeness (QED) is 0.566. The third-order valence-electron chi connectivity index (χ3n) is 3.34. The van der Waals surface area contributed by atoms with Crippen LogP contribution < -0.4 is 9.73 Å². The van der Waals surface area contributed by atoms with E-state index in [4.69, 9.17) is 4.42 Å². The van der Waals surface area contributed by atoms with E-state index >= 15 is 0 Å². The number of hydrogen-bond donors (Lipinski definition) is 1. The molecule has 0 bridgehead atoms. The van der Waals surface area contributed by atoms with Gasteiger partial charge in [0.05, 0.1) is 22.6 Å². The molecule has 0 aliphatic rings. The second-order valence-corrected chi connectivity index (χ2v) is 8.07. The lowest BCUT2D eigenvalue weighted by atomic mass is 10.2. The highest BCUT2D eigenvalue weighted by Crippen LogP contribution is 2.20. The minimum absolute atomic E-state index is 0.405. The van der Waals surface area contributed by atoms with E-state index in [-0.39, 0.29) is 0 Å². The van der Waals surface area contributed by atoms with Crippen molar-refractivity contribution in [3.63, 3.8) is 0 Å². The maximum Gasteiger partial charge on any atom is 0.263 e. The maximum absolute atomic E-state index is 12.3. The van der Waals surface area contributed by atoms with Crippen molar-refractivity contribution in [2.45, 2.75) is 19.9 Å². The molecule has 1 amide bonds. The molecule has 2 rings (SSSR count). The predicted octanol–water partition coefficient (Wildman–Crippen LogP) is 2.66. The van der Waals surface area contributed by atoms with E-state index in [2.05, 4.69) is 26.5 Å². The van der Waals surface area contributed by atoms with Crippen LogP contribution in [0.25, 0.3) is 0 Å². The van der Waals surface area contributed by atoms with Crippen LogP contribution in [-0.4, -0.2) is 32.8 Å². The maximum atomic E-state index is 12.3. The predicted molar refractivity (Wildman–Crippen MR) is 100 cm³/mol. The van der Waals surface area contributed by atoms with E-state index < -0.39 is 22.0 Å². The van der Waals surface area contributed by atoms with Crippen molar-refractivity contribution in [1.29, 1.82) is 0 Å². The van der Waals surface area contributed by atoms with Gasteiger partial charge in [0.2, 0.25) is 10.0 Å². The molecule has 1 aromatic carbocycles. The lowest BCUT2D eigenvalue weighted by molar-refractivity contribution is -0.121. The van der Waals surface area contributed by atoms with Gasteiger partial charge in [0.1, 0.15) is 17.6 Å². The van der Waals surface area contributed by atoms with Gasteiger partial charge in [-0.3, -0.25) is 9.10 Å². The number of carbonyl (C=O) groups is 1. The number of carbonyl (C=O) groups excluding carboxylic acids is 1. The lowest BCUT2D eigenvalue weighted by Gasteiger charge is -2.27. The lowest BCUT2D eigenvalue weighted by Crippen LogP contribution is -2.46. The second-order valence-electron chi connectivity index (χ2n) is 5.36. The van der Waals surface area contributed by atoms with Gasteiger partial charge in [-0.1, -0.05) is 18.2 Å². The monoisotopic (exact) mass is 427 g/mol. The zero-order valence-electron chi connectivity index (χ0n) is 13.9. The third kappa shape index (κ3) is 4.93. The van der Waals surface area contributed by atoms with Gasteiger partial charge in [-0.15, -0.1) is 0 Å². The van der Waals surface area contributed by atoms with Crippen molar-refractivity contribution in [3.8, 4) is 0 Å². The molecule has 0 saturated carbocycles. The van der Waals surface area contributed by atoms with Crippen LogP contribution in [0.3, 0.4) is 0 Å². The summed E-state index contributed by atoms with van der Waals surface area (Å²) in [6.07, 6.45) is 2.39. The van der Waals surface area contributed by atoms with Gasteiger partial charge >= 0.3 is 0 Å². The van der Waals surface area contributed by atoms with Crippen LogP contribution in [0.5, 0.6) is 0 Å². The Bertz CT molecular complexity index is 859. The molecule has 0 aliphatic heterocycles. The summed E-state index contributed by atoms with van der Waals surface area (Å²) in [6.45, 7) is 3.28. The van der Waals surface area contributed by atoms with E-state index in [1.54, 1.807) is 43.3 Å². The second kappa shape index (κ2) is 7.83. The molecule has 0 saturated heterocycles. The van der Waals surface area contributed by atoms with Gasteiger partial charge in [-0.2, -0.15) is 5.10 Å². The molecule has 1 atom stereocenters. The molecule has 0 fully saturated rings. The smallest absolute Gasteiger partial charge is 0.263 e. The number of para-hydroxylation sites is 1. The molecule has 0 aliphatic carbocycles. The molecule has 9 heteroatoms. The van der Waals surface area contributed by atoms with E-state index in [1.807, 2.05) is 0 Å². The number of sulfonamides is 1. The summed E-state index contributed by atoms with van der Waals surface area (Å²) in [5.41, 5.74) is 2.74. The van der Waals surface area contributed by atoms with Crippen molar-refractivity contribution in [2.75, 3.05) is 10.6 Å². The highest BCUT2D eigenvalue weighted by atomic mass is 79.9. The van der Waals surface area contributed by atoms with E-state index in [1.165, 1.54) is 13.1 Å². The zero-order chi connectivity index (χ0) is 18.6. The Balaban J connectivity index is 2.13. The number of aryl methyl sites for hydroxylation is 1. The molecule has 134 valence electrons. The number of anilines is 1. The van der Waals surface area contributed by atoms with Gasteiger partial charge in [-0.05, 0) is 41.9 Å². The van der Waals surface area contributed by atoms with Gasteiger partial charge in [0.25, 0.3) is 5.91 Å². The number of hydrogen-bond acceptors (Lipinski definition) is 5. The Labute approximate surface area is 154 Å². The number of nitrogens with zero attached hydrogens (tertiary/aromatic N) is 2. The largest absolute Gasteiger partial charge is 0.459 e. The molecule has 7 nitrogen and oxygen atoms in total. The first-order valence-electron chi connectivity index (χ1n) is 7.33. The van der Waals surface area contributed by atoms with Gasteiger partial charge in [0.15, 0.2) is 0 Å². The molecule has 0 spiro atoms. The molecule has 0 unspecified atom stereocenters. The number of amides is 1. The first-order chi connectivity index (χ1) is 11.7. The van der Waals surface area contributed by atoms with E-state index in [9.17, 15) is 13.2 Å². The van der Waals surface area contributed by atoms with E-state index in [0.29, 0.717) is 17.2 Å². The SMILES string of the molecule is Cc1oc(/C=N\NC(=O)[C@H](C)N(c2ccccc2)S(C)(=O)=O)cc1Br. The minimum atomic E-state index is -3.65. The van der Waals surface area contributed by atoms with Crippen molar-refractivity contribution in [3.05, 3.63) is 52.4 Å². The number of nitrogens with one attached hydrogen (secondary N) is 1. The number of halogens is 1. The Morgan fingerprint density at radius 2 is 2.00 bits per heavy atom. The Hall–Kier alpha value is -2.13. The average Bonchev–Trinajstić information content (AvgIpc) is 2.85. The normalized spacial score (nSPS) is 13.0. The zero-order valence-corrected chi connectivity index (χ0v) is 16.3. The molecule has 1 N–H and O–H groups in total. The fourth-order valence-corrected chi connectivity index (χ4v) is 3.66. The standard InChI is InChI=1S/C16H18BrN3O4S/c1-11(20(25(3,22)23)13-7-5-4-6-8-13)16(21)19-18-10-14-9-15(17)12(2)24-14/h4-11H,1-3H3,(H,19,21)/b18-10-/t11-/m0/s1. The summed E-state index contributed by atoms with van der Waals surface area (Å²) >= 11 is 3.31. The number of benzene rings is 1. The van der Waals surface area contributed by atoms with Crippen LogP contribution in [0.4, 0.5) is 5.69 Å². The molecule has 2 aromatic rings. The Morgan fingerprint density at radius 1 is 1.36 bits per heavy atom. The molecule has 25 heavy (non-hydrogen) atoms. The summed E-state index contributed by atoms with van der Waals surface area (Å²) in [5, 5.41) is 3.81. The molecular weight excluding hydrogens is 410 g/mol. The molecule has 1 aromatic heterocycles. The fourth-order valence-electron chi connectivity index (χ4n) is 2.18. The van der Waals surface area contributed by atoms with Gasteiger partial charge < -0.3 is 4.42 Å². The number of rotatable bonds is 6. The molecule has 1 heterocycles. The topological polar surface area (TPSA) is 92.0 Å². The van der Waals surface area contributed by atoms with Crippen LogP contribution in [0.15, 0.2) is 50.4 Å². The van der Waals surface area contributed by atoms with Crippen LogP contribution in [-0.2, 0) is 14.8 Å². The third-order valence-corrected chi connectivity index (χ3v) is 5.37. The first-order valence-corrected chi connectivity index (χ1v) is 9.97. The number of hydrazone groups is 1. The summed E-state index contributed by atoms with van der Waals surface area (Å²) in [4.78, 5) is 12.3. The summed E-state index contributed by atoms with van der Waals surface area (Å²) in [7, 11) is -3.65. The highest BCUT2D eigenvalue weighted by molar-refractivity contribution is 9.10. The summed E-state index contributed by atoms with van der Waals surface area (Å²) in [6, 6.07) is 9.15. The Kier molecular flexibility index (Phi) is 6.02. The molecular formula is C16H18BrN3O4S. The Morgan fingerprint density at radius 3 is 2.52 bits per heavy atom. The van der Waals surface area contributed by atoms with Gasteiger partial charge in [0, 0.05) is 6.07 Å². The van der Waals surface area contributed by atoms with Crippen molar-refractivity contribution < 1.29 is 17.6 Å². The van der Waals surface area contributed by atoms with Crippen molar-refractivity contribution >= 4 is 43.8 Å².